The van der Waals surface area contributed by atoms with Crippen LogP contribution in [0.2, 0.25) is 0 Å². The van der Waals surface area contributed by atoms with Gasteiger partial charge in [0.25, 0.3) is 0 Å². The molecule has 4 heteroatoms. The van der Waals surface area contributed by atoms with Gasteiger partial charge < -0.3 is 9.52 Å². The minimum Gasteiger partial charge on any atom is -0.481 e. The molecule has 2 rings (SSSR count). The minimum absolute atomic E-state index is 0.0874. The van der Waals surface area contributed by atoms with E-state index < -0.39 is 5.97 Å². The van der Waals surface area contributed by atoms with Crippen molar-refractivity contribution in [2.45, 2.75) is 57.8 Å². The molecular formula is C13H19NO3. The molecule has 1 saturated carbocycles. The Bertz CT molecular complexity index is 391. The SMILES string of the molecule is Cc1oc(CCC(=O)O)nc1C1CCCCC1. The largest absolute Gasteiger partial charge is 0.481 e. The Hall–Kier alpha value is -1.32. The van der Waals surface area contributed by atoms with E-state index in [0.717, 1.165) is 11.5 Å². The molecular weight excluding hydrogens is 218 g/mol. The van der Waals surface area contributed by atoms with Crippen LogP contribution in [0, 0.1) is 6.92 Å². The lowest BCUT2D eigenvalue weighted by atomic mass is 9.86. The molecule has 0 spiro atoms. The number of hydrogen-bond donors (Lipinski definition) is 1. The molecule has 1 aromatic heterocycles. The molecule has 0 saturated heterocycles. The van der Waals surface area contributed by atoms with Gasteiger partial charge in [0.15, 0.2) is 5.89 Å². The number of oxazole rings is 1. The van der Waals surface area contributed by atoms with Crippen LogP contribution in [0.1, 0.15) is 61.8 Å². The first-order valence-corrected chi connectivity index (χ1v) is 6.35. The first kappa shape index (κ1) is 12.1. The Labute approximate surface area is 101 Å². The van der Waals surface area contributed by atoms with Crippen molar-refractivity contribution in [1.29, 1.82) is 0 Å². The predicted molar refractivity (Wildman–Crippen MR) is 63.0 cm³/mol. The molecule has 0 aliphatic heterocycles. The van der Waals surface area contributed by atoms with Crippen molar-refractivity contribution in [1.82, 2.24) is 4.98 Å². The van der Waals surface area contributed by atoms with Crippen LogP contribution in [-0.2, 0) is 11.2 Å². The summed E-state index contributed by atoms with van der Waals surface area (Å²) in [5.74, 6) is 1.16. The van der Waals surface area contributed by atoms with Gasteiger partial charge >= 0.3 is 5.97 Å². The number of rotatable bonds is 4. The van der Waals surface area contributed by atoms with Gasteiger partial charge in [0.1, 0.15) is 5.76 Å². The summed E-state index contributed by atoms with van der Waals surface area (Å²) in [6, 6.07) is 0. The zero-order chi connectivity index (χ0) is 12.3. The molecule has 1 N–H and O–H groups in total. The Morgan fingerprint density at radius 3 is 2.76 bits per heavy atom. The molecule has 1 heterocycles. The number of aryl methyl sites for hydroxylation is 2. The zero-order valence-corrected chi connectivity index (χ0v) is 10.2. The Morgan fingerprint density at radius 1 is 1.41 bits per heavy atom. The number of carboxylic acids is 1. The van der Waals surface area contributed by atoms with Crippen LogP contribution in [-0.4, -0.2) is 16.1 Å². The summed E-state index contributed by atoms with van der Waals surface area (Å²) in [7, 11) is 0. The Kier molecular flexibility index (Phi) is 3.82. The molecule has 1 aromatic rings. The summed E-state index contributed by atoms with van der Waals surface area (Å²) in [5, 5.41) is 8.63. The molecule has 17 heavy (non-hydrogen) atoms. The van der Waals surface area contributed by atoms with E-state index in [1.807, 2.05) is 6.92 Å². The minimum atomic E-state index is -0.805. The standard InChI is InChI=1S/C13H19NO3/c1-9-13(10-5-3-2-4-6-10)14-11(17-9)7-8-12(15)16/h10H,2-8H2,1H3,(H,15,16). The van der Waals surface area contributed by atoms with E-state index in [0.29, 0.717) is 18.2 Å². The molecule has 0 radical (unpaired) electrons. The normalized spacial score (nSPS) is 17.2. The van der Waals surface area contributed by atoms with Crippen molar-refractivity contribution in [3.05, 3.63) is 17.3 Å². The van der Waals surface area contributed by atoms with Gasteiger partial charge in [0, 0.05) is 12.3 Å². The van der Waals surface area contributed by atoms with E-state index >= 15 is 0 Å². The smallest absolute Gasteiger partial charge is 0.303 e. The number of hydrogen-bond acceptors (Lipinski definition) is 3. The highest BCUT2D eigenvalue weighted by Crippen LogP contribution is 2.34. The topological polar surface area (TPSA) is 63.3 Å². The van der Waals surface area contributed by atoms with Gasteiger partial charge in [-0.1, -0.05) is 19.3 Å². The fraction of sp³-hybridized carbons (Fsp3) is 0.692. The van der Waals surface area contributed by atoms with E-state index in [-0.39, 0.29) is 6.42 Å². The second-order valence-electron chi connectivity index (χ2n) is 4.78. The summed E-state index contributed by atoms with van der Waals surface area (Å²) in [4.78, 5) is 15.0. The average Bonchev–Trinajstić information content (AvgIpc) is 2.69. The summed E-state index contributed by atoms with van der Waals surface area (Å²) in [5.41, 5.74) is 1.06. The lowest BCUT2D eigenvalue weighted by Gasteiger charge is -2.19. The molecule has 94 valence electrons. The molecule has 0 amide bonds. The molecule has 0 atom stereocenters. The van der Waals surface area contributed by atoms with Crippen LogP contribution in [0.3, 0.4) is 0 Å². The summed E-state index contributed by atoms with van der Waals surface area (Å²) < 4.78 is 5.54. The fourth-order valence-corrected chi connectivity index (χ4v) is 2.54. The molecule has 1 aliphatic carbocycles. The lowest BCUT2D eigenvalue weighted by Crippen LogP contribution is -2.06. The number of carbonyl (C=O) groups is 1. The quantitative estimate of drug-likeness (QED) is 0.874. The van der Waals surface area contributed by atoms with Crippen molar-refractivity contribution in [3.63, 3.8) is 0 Å². The Morgan fingerprint density at radius 2 is 2.12 bits per heavy atom. The van der Waals surface area contributed by atoms with Crippen molar-refractivity contribution >= 4 is 5.97 Å². The van der Waals surface area contributed by atoms with Gasteiger partial charge in [-0.25, -0.2) is 4.98 Å². The van der Waals surface area contributed by atoms with E-state index in [1.54, 1.807) is 0 Å². The van der Waals surface area contributed by atoms with Gasteiger partial charge in [-0.3, -0.25) is 4.79 Å². The summed E-state index contributed by atoms with van der Waals surface area (Å²) in [6.45, 7) is 1.93. The van der Waals surface area contributed by atoms with Crippen molar-refractivity contribution in [2.24, 2.45) is 0 Å². The maximum Gasteiger partial charge on any atom is 0.303 e. The molecule has 0 aromatic carbocycles. The lowest BCUT2D eigenvalue weighted by molar-refractivity contribution is -0.137. The average molecular weight is 237 g/mol. The maximum atomic E-state index is 10.5. The number of aliphatic carboxylic acids is 1. The summed E-state index contributed by atoms with van der Waals surface area (Å²) in [6.07, 6.45) is 6.70. The van der Waals surface area contributed by atoms with Gasteiger partial charge in [0.05, 0.1) is 12.1 Å². The molecule has 1 fully saturated rings. The third kappa shape index (κ3) is 3.08. The second-order valence-corrected chi connectivity index (χ2v) is 4.78. The van der Waals surface area contributed by atoms with Crippen LogP contribution >= 0.6 is 0 Å². The highest BCUT2D eigenvalue weighted by atomic mass is 16.4. The first-order valence-electron chi connectivity index (χ1n) is 6.35. The van der Waals surface area contributed by atoms with Crippen LogP contribution in [0.15, 0.2) is 4.42 Å². The number of nitrogens with zero attached hydrogens (tertiary/aromatic N) is 1. The third-order valence-electron chi connectivity index (χ3n) is 3.42. The van der Waals surface area contributed by atoms with Crippen molar-refractivity contribution in [2.75, 3.05) is 0 Å². The molecule has 4 nitrogen and oxygen atoms in total. The summed E-state index contributed by atoms with van der Waals surface area (Å²) >= 11 is 0. The molecule has 0 unspecified atom stereocenters. The second kappa shape index (κ2) is 5.34. The molecule has 0 bridgehead atoms. The van der Waals surface area contributed by atoms with E-state index in [4.69, 9.17) is 9.52 Å². The van der Waals surface area contributed by atoms with Crippen LogP contribution in [0.25, 0.3) is 0 Å². The Balaban J connectivity index is 2.04. The van der Waals surface area contributed by atoms with Crippen LogP contribution in [0.4, 0.5) is 0 Å². The highest BCUT2D eigenvalue weighted by Gasteiger charge is 2.22. The van der Waals surface area contributed by atoms with Gasteiger partial charge in [-0.05, 0) is 19.8 Å². The van der Waals surface area contributed by atoms with Crippen LogP contribution < -0.4 is 0 Å². The number of aromatic nitrogens is 1. The number of carboxylic acid groups (broad SMARTS) is 1. The van der Waals surface area contributed by atoms with Crippen molar-refractivity contribution < 1.29 is 14.3 Å². The first-order chi connectivity index (χ1) is 8.16. The van der Waals surface area contributed by atoms with E-state index in [9.17, 15) is 4.79 Å². The predicted octanol–water partition coefficient (Wildman–Crippen LogP) is 3.05. The van der Waals surface area contributed by atoms with Gasteiger partial charge in [-0.2, -0.15) is 0 Å². The van der Waals surface area contributed by atoms with E-state index in [2.05, 4.69) is 4.98 Å². The van der Waals surface area contributed by atoms with Gasteiger partial charge in [0.2, 0.25) is 0 Å². The monoisotopic (exact) mass is 237 g/mol. The third-order valence-corrected chi connectivity index (χ3v) is 3.42. The maximum absolute atomic E-state index is 10.5. The van der Waals surface area contributed by atoms with Crippen molar-refractivity contribution in [3.8, 4) is 0 Å². The van der Waals surface area contributed by atoms with Crippen LogP contribution in [0.5, 0.6) is 0 Å². The zero-order valence-electron chi connectivity index (χ0n) is 10.2. The fourth-order valence-electron chi connectivity index (χ4n) is 2.54. The van der Waals surface area contributed by atoms with E-state index in [1.165, 1.54) is 32.1 Å². The molecule has 1 aliphatic rings. The van der Waals surface area contributed by atoms with Gasteiger partial charge in [-0.15, -0.1) is 0 Å². The highest BCUT2D eigenvalue weighted by molar-refractivity contribution is 5.66.